The molecule has 1 heterocycles. The Morgan fingerprint density at radius 1 is 1.00 bits per heavy atom. The first-order chi connectivity index (χ1) is 12.3. The second kappa shape index (κ2) is 8.66. The van der Waals surface area contributed by atoms with Gasteiger partial charge in [0.25, 0.3) is 0 Å². The fourth-order valence-electron chi connectivity index (χ4n) is 2.95. The van der Waals surface area contributed by atoms with E-state index in [1.165, 1.54) is 5.56 Å². The topological polar surface area (TPSA) is 15.7 Å². The zero-order valence-corrected chi connectivity index (χ0v) is 15.0. The number of hydrogen-bond donors (Lipinski definition) is 0. The zero-order chi connectivity index (χ0) is 17.5. The highest BCUT2D eigenvalue weighted by Gasteiger charge is 2.19. The highest BCUT2D eigenvalue weighted by atomic mass is 32.1. The van der Waals surface area contributed by atoms with Crippen molar-refractivity contribution >= 4 is 17.2 Å². The van der Waals surface area contributed by atoms with Crippen LogP contribution in [0.4, 0.5) is 0 Å². The molecule has 1 aliphatic rings. The highest BCUT2D eigenvalue weighted by molar-refractivity contribution is 7.80. The van der Waals surface area contributed by atoms with Gasteiger partial charge >= 0.3 is 0 Å². The number of thiocarbonyl (C=S) groups is 1. The minimum atomic E-state index is 0.285. The van der Waals surface area contributed by atoms with Gasteiger partial charge in [-0.15, -0.1) is 6.42 Å². The molecule has 2 aromatic rings. The van der Waals surface area contributed by atoms with Gasteiger partial charge in [0, 0.05) is 38.3 Å². The summed E-state index contributed by atoms with van der Waals surface area (Å²) < 4.78 is 5.41. The summed E-state index contributed by atoms with van der Waals surface area (Å²) in [6.07, 6.45) is 5.21. The molecular weight excluding hydrogens is 328 g/mol. The van der Waals surface area contributed by atoms with Gasteiger partial charge < -0.3 is 9.64 Å². The van der Waals surface area contributed by atoms with Gasteiger partial charge in [0.1, 0.15) is 17.3 Å². The number of hydrogen-bond acceptors (Lipinski definition) is 3. The van der Waals surface area contributed by atoms with E-state index in [9.17, 15) is 0 Å². The van der Waals surface area contributed by atoms with Crippen molar-refractivity contribution in [3.63, 3.8) is 0 Å². The molecule has 0 unspecified atom stereocenters. The van der Waals surface area contributed by atoms with Crippen molar-refractivity contribution in [3.05, 3.63) is 65.7 Å². The van der Waals surface area contributed by atoms with Crippen LogP contribution in [0.25, 0.3) is 0 Å². The molecule has 0 bridgehead atoms. The van der Waals surface area contributed by atoms with Crippen molar-refractivity contribution in [3.8, 4) is 18.1 Å². The molecule has 0 aromatic heterocycles. The lowest BCUT2D eigenvalue weighted by molar-refractivity contribution is 0.177. The Labute approximate surface area is 155 Å². The van der Waals surface area contributed by atoms with E-state index >= 15 is 0 Å². The molecule has 25 heavy (non-hydrogen) atoms. The molecule has 4 heteroatoms. The maximum atomic E-state index is 5.67. The lowest BCUT2D eigenvalue weighted by Gasteiger charge is -2.36. The van der Waals surface area contributed by atoms with E-state index < -0.39 is 0 Å². The van der Waals surface area contributed by atoms with Gasteiger partial charge in [0.05, 0.1) is 0 Å². The molecule has 0 aliphatic carbocycles. The first-order valence-corrected chi connectivity index (χ1v) is 8.89. The largest absolute Gasteiger partial charge is 0.481 e. The van der Waals surface area contributed by atoms with Crippen LogP contribution in [-0.4, -0.2) is 47.6 Å². The van der Waals surface area contributed by atoms with Crippen LogP contribution in [0.3, 0.4) is 0 Å². The molecule has 2 aromatic carbocycles. The minimum Gasteiger partial charge on any atom is -0.481 e. The lowest BCUT2D eigenvalue weighted by atomic mass is 10.1. The Morgan fingerprint density at radius 2 is 1.68 bits per heavy atom. The molecule has 0 saturated carbocycles. The predicted molar refractivity (Wildman–Crippen MR) is 106 cm³/mol. The summed E-state index contributed by atoms with van der Waals surface area (Å²) in [5.74, 6) is 3.24. The van der Waals surface area contributed by atoms with Gasteiger partial charge in [0.15, 0.2) is 0 Å². The molecule has 128 valence electrons. The second-order valence-corrected chi connectivity index (χ2v) is 6.46. The summed E-state index contributed by atoms with van der Waals surface area (Å²) >= 11 is 5.67. The molecule has 3 rings (SSSR count). The maximum Gasteiger partial charge on any atom is 0.148 e. The molecular formula is C21H22N2OS. The lowest BCUT2D eigenvalue weighted by Crippen LogP contribution is -2.47. The Balaban J connectivity index is 1.52. The van der Waals surface area contributed by atoms with Gasteiger partial charge in [-0.25, -0.2) is 0 Å². The Morgan fingerprint density at radius 3 is 2.32 bits per heavy atom. The van der Waals surface area contributed by atoms with Crippen molar-refractivity contribution in [1.82, 2.24) is 9.80 Å². The fraction of sp³-hybridized carbons (Fsp3) is 0.286. The van der Waals surface area contributed by atoms with Crippen LogP contribution in [0.2, 0.25) is 0 Å². The first-order valence-electron chi connectivity index (χ1n) is 8.48. The summed E-state index contributed by atoms with van der Waals surface area (Å²) in [6, 6.07) is 18.5. The minimum absolute atomic E-state index is 0.285. The van der Waals surface area contributed by atoms with Crippen molar-refractivity contribution in [2.75, 3.05) is 32.8 Å². The highest BCUT2D eigenvalue weighted by Crippen LogP contribution is 2.16. The summed E-state index contributed by atoms with van der Waals surface area (Å²) in [4.78, 5) is 5.67. The third kappa shape index (κ3) is 4.82. The van der Waals surface area contributed by atoms with E-state index in [0.29, 0.717) is 0 Å². The summed E-state index contributed by atoms with van der Waals surface area (Å²) in [5.41, 5.74) is 2.42. The number of piperazine rings is 1. The molecule has 1 fully saturated rings. The summed E-state index contributed by atoms with van der Waals surface area (Å²) in [6.45, 7) is 5.26. The van der Waals surface area contributed by atoms with Crippen LogP contribution in [0, 0.1) is 12.3 Å². The molecule has 0 N–H and O–H groups in total. The van der Waals surface area contributed by atoms with Gasteiger partial charge in [-0.1, -0.05) is 48.5 Å². The number of nitrogens with zero attached hydrogens (tertiary/aromatic N) is 2. The van der Waals surface area contributed by atoms with Gasteiger partial charge in [0.2, 0.25) is 0 Å². The Hall–Kier alpha value is -2.35. The molecule has 0 amide bonds. The zero-order valence-electron chi connectivity index (χ0n) is 14.2. The maximum absolute atomic E-state index is 5.67. The smallest absolute Gasteiger partial charge is 0.148 e. The predicted octanol–water partition coefficient (Wildman–Crippen LogP) is 3.19. The van der Waals surface area contributed by atoms with Crippen LogP contribution in [0.5, 0.6) is 5.75 Å². The Bertz CT molecular complexity index is 729. The monoisotopic (exact) mass is 350 g/mol. The molecule has 0 radical (unpaired) electrons. The number of rotatable bonds is 5. The van der Waals surface area contributed by atoms with Crippen molar-refractivity contribution < 1.29 is 4.74 Å². The van der Waals surface area contributed by atoms with E-state index in [-0.39, 0.29) is 6.61 Å². The van der Waals surface area contributed by atoms with E-state index in [2.05, 4.69) is 46.1 Å². The van der Waals surface area contributed by atoms with E-state index in [4.69, 9.17) is 23.4 Å². The van der Waals surface area contributed by atoms with E-state index in [1.54, 1.807) is 0 Å². The van der Waals surface area contributed by atoms with Crippen molar-refractivity contribution in [1.29, 1.82) is 0 Å². The standard InChI is InChI=1S/C21H22N2OS/c1-2-16-24-20-10-8-19(9-11-20)21(25)23-14-12-22(13-15-23)17-18-6-4-3-5-7-18/h1,3-11H,12-17H2. The molecule has 0 atom stereocenters. The quantitative estimate of drug-likeness (QED) is 0.608. The van der Waals surface area contributed by atoms with Crippen LogP contribution in [0.15, 0.2) is 54.6 Å². The van der Waals surface area contributed by atoms with E-state index in [0.717, 1.165) is 49.0 Å². The Kier molecular flexibility index (Phi) is 6.05. The number of terminal acetylenes is 1. The number of benzene rings is 2. The SMILES string of the molecule is C#CCOc1ccc(C(=S)N2CCN(Cc3ccccc3)CC2)cc1. The molecule has 3 nitrogen and oxygen atoms in total. The average molecular weight is 350 g/mol. The molecule has 1 aliphatic heterocycles. The normalized spacial score (nSPS) is 14.8. The van der Waals surface area contributed by atoms with Crippen LogP contribution < -0.4 is 4.74 Å². The van der Waals surface area contributed by atoms with Crippen LogP contribution in [0.1, 0.15) is 11.1 Å². The van der Waals surface area contributed by atoms with Gasteiger partial charge in [-0.3, -0.25) is 4.90 Å². The third-order valence-corrected chi connectivity index (χ3v) is 4.83. The van der Waals surface area contributed by atoms with Crippen molar-refractivity contribution in [2.45, 2.75) is 6.54 Å². The third-order valence-electron chi connectivity index (χ3n) is 4.33. The van der Waals surface area contributed by atoms with Crippen molar-refractivity contribution in [2.24, 2.45) is 0 Å². The van der Waals surface area contributed by atoms with Gasteiger partial charge in [-0.05, 0) is 29.8 Å². The molecule has 0 spiro atoms. The number of ether oxygens (including phenoxy) is 1. The van der Waals surface area contributed by atoms with Gasteiger partial charge in [-0.2, -0.15) is 0 Å². The summed E-state index contributed by atoms with van der Waals surface area (Å²) in [7, 11) is 0. The van der Waals surface area contributed by atoms with E-state index in [1.807, 2.05) is 24.3 Å². The first kappa shape index (κ1) is 17.5. The summed E-state index contributed by atoms with van der Waals surface area (Å²) in [5, 5.41) is 0. The molecule has 1 saturated heterocycles. The average Bonchev–Trinajstić information content (AvgIpc) is 2.68. The van der Waals surface area contributed by atoms with Crippen LogP contribution >= 0.6 is 12.2 Å². The second-order valence-electron chi connectivity index (χ2n) is 6.07. The fourth-order valence-corrected chi connectivity index (χ4v) is 3.27. The van der Waals surface area contributed by atoms with Crippen LogP contribution in [-0.2, 0) is 6.54 Å².